The van der Waals surface area contributed by atoms with E-state index in [1.807, 2.05) is 26.0 Å². The van der Waals surface area contributed by atoms with E-state index in [-0.39, 0.29) is 5.91 Å². The van der Waals surface area contributed by atoms with Gasteiger partial charge in [-0.15, -0.1) is 0 Å². The highest BCUT2D eigenvalue weighted by atomic mass is 16.5. The summed E-state index contributed by atoms with van der Waals surface area (Å²) in [4.78, 5) is 24.3. The predicted molar refractivity (Wildman–Crippen MR) is 76.9 cm³/mol. The molecule has 3 heterocycles. The molecule has 0 aromatic carbocycles. The Balaban J connectivity index is 1.90. The van der Waals surface area contributed by atoms with E-state index in [1.165, 1.54) is 0 Å². The van der Waals surface area contributed by atoms with Crippen LogP contribution in [0.1, 0.15) is 34.0 Å². The largest absolute Gasteiger partial charge is 0.378 e. The van der Waals surface area contributed by atoms with Crippen LogP contribution in [0.25, 0.3) is 0 Å². The Labute approximate surface area is 123 Å². The number of aryl methyl sites for hydroxylation is 2. The molecule has 6 heteroatoms. The van der Waals surface area contributed by atoms with Gasteiger partial charge in [-0.05, 0) is 25.5 Å². The minimum Gasteiger partial charge on any atom is -0.378 e. The number of imidazole rings is 1. The molecule has 0 aliphatic carbocycles. The number of H-pyrrole nitrogens is 1. The summed E-state index contributed by atoms with van der Waals surface area (Å²) in [5.41, 5.74) is 1.64. The van der Waals surface area contributed by atoms with Crippen molar-refractivity contribution < 1.29 is 9.53 Å². The zero-order valence-corrected chi connectivity index (χ0v) is 12.1. The minimum atomic E-state index is -0.602. The number of rotatable bonds is 3. The molecule has 2 aromatic rings. The molecule has 6 nitrogen and oxygen atoms in total. The summed E-state index contributed by atoms with van der Waals surface area (Å²) in [6, 6.07) is 3.69. The molecule has 3 rings (SSSR count). The molecular formula is C15H18N4O2. The topological polar surface area (TPSA) is 79.9 Å². The number of ether oxygens (including phenoxy) is 1. The molecule has 0 spiro atoms. The van der Waals surface area contributed by atoms with Gasteiger partial charge in [0.2, 0.25) is 0 Å². The van der Waals surface area contributed by atoms with Gasteiger partial charge < -0.3 is 15.0 Å². The van der Waals surface area contributed by atoms with Crippen molar-refractivity contribution in [1.29, 1.82) is 0 Å². The lowest BCUT2D eigenvalue weighted by Gasteiger charge is -2.26. The average Bonchev–Trinajstić information content (AvgIpc) is 3.09. The van der Waals surface area contributed by atoms with Gasteiger partial charge in [-0.3, -0.25) is 9.78 Å². The molecule has 2 N–H and O–H groups in total. The lowest BCUT2D eigenvalue weighted by atomic mass is 9.97. The van der Waals surface area contributed by atoms with Crippen LogP contribution in [0.4, 0.5) is 0 Å². The highest BCUT2D eigenvalue weighted by Crippen LogP contribution is 2.29. The highest BCUT2D eigenvalue weighted by molar-refractivity contribution is 5.94. The van der Waals surface area contributed by atoms with Crippen molar-refractivity contribution in [2.75, 3.05) is 13.2 Å². The molecule has 0 saturated carbocycles. The van der Waals surface area contributed by atoms with Crippen LogP contribution in [0.5, 0.6) is 0 Å². The predicted octanol–water partition coefficient (Wildman–Crippen LogP) is 1.47. The molecule has 2 aromatic heterocycles. The normalized spacial score (nSPS) is 21.4. The van der Waals surface area contributed by atoms with Crippen LogP contribution in [-0.4, -0.2) is 34.1 Å². The first-order valence-corrected chi connectivity index (χ1v) is 6.95. The summed E-state index contributed by atoms with van der Waals surface area (Å²) >= 11 is 0. The van der Waals surface area contributed by atoms with Crippen LogP contribution in [0.3, 0.4) is 0 Å². The fourth-order valence-electron chi connectivity index (χ4n) is 2.57. The van der Waals surface area contributed by atoms with Gasteiger partial charge in [0.05, 0.1) is 6.61 Å². The van der Waals surface area contributed by atoms with E-state index >= 15 is 0 Å². The smallest absolute Gasteiger partial charge is 0.271 e. The first kappa shape index (κ1) is 13.8. The SMILES string of the molecule is Cc1cnc(C2(NC(=O)c3ncccc3C)CCOC2)[nH]1. The van der Waals surface area contributed by atoms with Crippen LogP contribution in [0.15, 0.2) is 24.5 Å². The number of amides is 1. The van der Waals surface area contributed by atoms with Gasteiger partial charge in [0.15, 0.2) is 0 Å². The molecule has 0 radical (unpaired) electrons. The Morgan fingerprint density at radius 1 is 1.43 bits per heavy atom. The second-order valence-electron chi connectivity index (χ2n) is 5.42. The summed E-state index contributed by atoms with van der Waals surface area (Å²) in [6.45, 7) is 4.82. The van der Waals surface area contributed by atoms with Crippen LogP contribution in [0.2, 0.25) is 0 Å². The standard InChI is InChI=1S/C15H18N4O2/c1-10-4-3-6-16-12(10)13(20)19-15(5-7-21-9-15)14-17-8-11(2)18-14/h3-4,6,8H,5,7,9H2,1-2H3,(H,17,18)(H,19,20). The Bertz CT molecular complexity index is 659. The first-order valence-electron chi connectivity index (χ1n) is 6.95. The maximum atomic E-state index is 12.5. The van der Waals surface area contributed by atoms with Gasteiger partial charge in [0.1, 0.15) is 17.1 Å². The van der Waals surface area contributed by atoms with E-state index in [1.54, 1.807) is 12.4 Å². The summed E-state index contributed by atoms with van der Waals surface area (Å²) < 4.78 is 5.50. The van der Waals surface area contributed by atoms with Gasteiger partial charge in [-0.25, -0.2) is 4.98 Å². The third-order valence-corrected chi connectivity index (χ3v) is 3.76. The third kappa shape index (κ3) is 2.54. The van der Waals surface area contributed by atoms with E-state index in [2.05, 4.69) is 20.3 Å². The molecule has 1 unspecified atom stereocenters. The van der Waals surface area contributed by atoms with Crippen LogP contribution >= 0.6 is 0 Å². The van der Waals surface area contributed by atoms with Gasteiger partial charge >= 0.3 is 0 Å². The molecule has 1 fully saturated rings. The summed E-state index contributed by atoms with van der Waals surface area (Å²) in [7, 11) is 0. The number of pyridine rings is 1. The van der Waals surface area contributed by atoms with E-state index < -0.39 is 5.54 Å². The first-order chi connectivity index (χ1) is 10.1. The van der Waals surface area contributed by atoms with Gasteiger partial charge in [0.25, 0.3) is 5.91 Å². The zero-order valence-electron chi connectivity index (χ0n) is 12.1. The molecule has 21 heavy (non-hydrogen) atoms. The van der Waals surface area contributed by atoms with E-state index in [0.29, 0.717) is 25.3 Å². The molecule has 1 saturated heterocycles. The van der Waals surface area contributed by atoms with Crippen molar-refractivity contribution in [3.05, 3.63) is 47.3 Å². The van der Waals surface area contributed by atoms with Crippen molar-refractivity contribution in [3.8, 4) is 0 Å². The Morgan fingerprint density at radius 3 is 2.90 bits per heavy atom. The number of aromatic nitrogens is 3. The third-order valence-electron chi connectivity index (χ3n) is 3.76. The van der Waals surface area contributed by atoms with E-state index in [0.717, 1.165) is 17.1 Å². The Morgan fingerprint density at radius 2 is 2.29 bits per heavy atom. The number of nitrogens with one attached hydrogen (secondary N) is 2. The molecule has 1 aliphatic rings. The molecule has 1 atom stereocenters. The fourth-order valence-corrected chi connectivity index (χ4v) is 2.57. The summed E-state index contributed by atoms with van der Waals surface area (Å²) in [5.74, 6) is 0.534. The monoisotopic (exact) mass is 286 g/mol. The highest BCUT2D eigenvalue weighted by Gasteiger charge is 2.41. The van der Waals surface area contributed by atoms with Crippen molar-refractivity contribution in [2.24, 2.45) is 0 Å². The van der Waals surface area contributed by atoms with Crippen LogP contribution in [-0.2, 0) is 10.3 Å². The van der Waals surface area contributed by atoms with Crippen molar-refractivity contribution in [2.45, 2.75) is 25.8 Å². The fraction of sp³-hybridized carbons (Fsp3) is 0.400. The maximum Gasteiger partial charge on any atom is 0.271 e. The molecule has 0 bridgehead atoms. The molecular weight excluding hydrogens is 268 g/mol. The minimum absolute atomic E-state index is 0.201. The van der Waals surface area contributed by atoms with Crippen LogP contribution in [0, 0.1) is 13.8 Å². The quantitative estimate of drug-likeness (QED) is 0.895. The Kier molecular flexibility index (Phi) is 3.47. The van der Waals surface area contributed by atoms with E-state index in [4.69, 9.17) is 4.74 Å². The van der Waals surface area contributed by atoms with Gasteiger partial charge in [0, 0.05) is 31.1 Å². The maximum absolute atomic E-state index is 12.5. The van der Waals surface area contributed by atoms with Crippen molar-refractivity contribution in [1.82, 2.24) is 20.3 Å². The summed E-state index contributed by atoms with van der Waals surface area (Å²) in [6.07, 6.45) is 4.07. The van der Waals surface area contributed by atoms with Crippen molar-refractivity contribution in [3.63, 3.8) is 0 Å². The number of hydrogen-bond donors (Lipinski definition) is 2. The van der Waals surface area contributed by atoms with Crippen LogP contribution < -0.4 is 5.32 Å². The number of carbonyl (C=O) groups is 1. The molecule has 110 valence electrons. The van der Waals surface area contributed by atoms with Gasteiger partial charge in [-0.1, -0.05) is 6.07 Å². The number of carbonyl (C=O) groups excluding carboxylic acids is 1. The molecule has 1 amide bonds. The summed E-state index contributed by atoms with van der Waals surface area (Å²) in [5, 5.41) is 3.06. The second kappa shape index (κ2) is 5.29. The van der Waals surface area contributed by atoms with Gasteiger partial charge in [-0.2, -0.15) is 0 Å². The molecule has 1 aliphatic heterocycles. The number of nitrogens with zero attached hydrogens (tertiary/aromatic N) is 2. The van der Waals surface area contributed by atoms with E-state index in [9.17, 15) is 4.79 Å². The second-order valence-corrected chi connectivity index (χ2v) is 5.42. The number of aromatic amines is 1. The zero-order chi connectivity index (χ0) is 14.9. The number of hydrogen-bond acceptors (Lipinski definition) is 4. The lowest BCUT2D eigenvalue weighted by molar-refractivity contribution is 0.0863. The average molecular weight is 286 g/mol. The lowest BCUT2D eigenvalue weighted by Crippen LogP contribution is -2.47. The Hall–Kier alpha value is -2.21. The van der Waals surface area contributed by atoms with Crippen molar-refractivity contribution >= 4 is 5.91 Å².